The number of hydrogen-bond donors (Lipinski definition) is 2. The second kappa shape index (κ2) is 5.44. The van der Waals surface area contributed by atoms with Gasteiger partial charge in [-0.15, -0.1) is 0 Å². The van der Waals surface area contributed by atoms with E-state index in [1.165, 1.54) is 12.6 Å². The zero-order chi connectivity index (χ0) is 12.2. The van der Waals surface area contributed by atoms with Crippen molar-refractivity contribution in [3.8, 4) is 0 Å². The van der Waals surface area contributed by atoms with Gasteiger partial charge in [-0.3, -0.25) is 0 Å². The molecular weight excluding hydrogens is 296 g/mol. The van der Waals surface area contributed by atoms with Gasteiger partial charge in [0.05, 0.1) is 5.75 Å². The Balaban J connectivity index is 2.68. The van der Waals surface area contributed by atoms with Crippen molar-refractivity contribution in [2.45, 2.75) is 0 Å². The van der Waals surface area contributed by atoms with Gasteiger partial charge < -0.3 is 10.6 Å². The molecule has 0 aliphatic rings. The zero-order valence-corrected chi connectivity index (χ0v) is 11.4. The van der Waals surface area contributed by atoms with E-state index in [-0.39, 0.29) is 5.75 Å². The Labute approximate surface area is 103 Å². The van der Waals surface area contributed by atoms with Crippen LogP contribution in [0, 0.1) is 0 Å². The van der Waals surface area contributed by atoms with Gasteiger partial charge >= 0.3 is 0 Å². The van der Waals surface area contributed by atoms with Crippen LogP contribution >= 0.6 is 15.9 Å². The SMILES string of the molecule is CNc1ncnc(NCCS(C)(=O)=O)c1Br. The average molecular weight is 309 g/mol. The van der Waals surface area contributed by atoms with Gasteiger partial charge in [-0.25, -0.2) is 18.4 Å². The van der Waals surface area contributed by atoms with Gasteiger partial charge in [-0.2, -0.15) is 0 Å². The fourth-order valence-electron chi connectivity index (χ4n) is 1.02. The van der Waals surface area contributed by atoms with Crippen LogP contribution in [0.25, 0.3) is 0 Å². The van der Waals surface area contributed by atoms with Crippen molar-refractivity contribution in [3.63, 3.8) is 0 Å². The van der Waals surface area contributed by atoms with Crippen molar-refractivity contribution in [2.75, 3.05) is 36.2 Å². The van der Waals surface area contributed by atoms with Crippen LogP contribution in [0.3, 0.4) is 0 Å². The number of halogens is 1. The molecule has 0 bridgehead atoms. The second-order valence-electron chi connectivity index (χ2n) is 3.19. The maximum Gasteiger partial charge on any atom is 0.149 e. The molecule has 0 unspecified atom stereocenters. The molecule has 6 nitrogen and oxygen atoms in total. The van der Waals surface area contributed by atoms with Crippen molar-refractivity contribution >= 4 is 37.4 Å². The summed E-state index contributed by atoms with van der Waals surface area (Å²) >= 11 is 3.32. The molecule has 1 aromatic rings. The molecule has 0 spiro atoms. The van der Waals surface area contributed by atoms with Crippen LogP contribution in [0.15, 0.2) is 10.8 Å². The first-order valence-electron chi connectivity index (χ1n) is 4.54. The molecular formula is C8H13BrN4O2S. The largest absolute Gasteiger partial charge is 0.372 e. The van der Waals surface area contributed by atoms with Crippen LogP contribution in [-0.4, -0.2) is 44.0 Å². The van der Waals surface area contributed by atoms with Crippen LogP contribution in [0.4, 0.5) is 11.6 Å². The molecule has 0 atom stereocenters. The summed E-state index contributed by atoms with van der Waals surface area (Å²) in [5.41, 5.74) is 0. The molecule has 0 saturated heterocycles. The smallest absolute Gasteiger partial charge is 0.149 e. The highest BCUT2D eigenvalue weighted by molar-refractivity contribution is 9.10. The Bertz CT molecular complexity index is 463. The predicted molar refractivity (Wildman–Crippen MR) is 67.5 cm³/mol. The van der Waals surface area contributed by atoms with E-state index in [4.69, 9.17) is 0 Å². The highest BCUT2D eigenvalue weighted by Gasteiger charge is 2.08. The van der Waals surface area contributed by atoms with Gasteiger partial charge in [-0.05, 0) is 15.9 Å². The number of rotatable bonds is 5. The number of aromatic nitrogens is 2. The number of sulfone groups is 1. The van der Waals surface area contributed by atoms with E-state index in [0.717, 1.165) is 0 Å². The Morgan fingerprint density at radius 2 is 2.00 bits per heavy atom. The molecule has 0 fully saturated rings. The molecule has 0 aliphatic carbocycles. The van der Waals surface area contributed by atoms with Gasteiger partial charge in [0.15, 0.2) is 0 Å². The normalized spacial score (nSPS) is 11.2. The van der Waals surface area contributed by atoms with E-state index in [9.17, 15) is 8.42 Å². The first-order chi connectivity index (χ1) is 7.44. The second-order valence-corrected chi connectivity index (χ2v) is 6.24. The van der Waals surface area contributed by atoms with Crippen LogP contribution in [0.2, 0.25) is 0 Å². The summed E-state index contributed by atoms with van der Waals surface area (Å²) in [6, 6.07) is 0. The molecule has 1 aromatic heterocycles. The van der Waals surface area contributed by atoms with Crippen LogP contribution in [0.1, 0.15) is 0 Å². The molecule has 2 N–H and O–H groups in total. The molecule has 0 radical (unpaired) electrons. The minimum atomic E-state index is -2.96. The Kier molecular flexibility index (Phi) is 4.48. The van der Waals surface area contributed by atoms with E-state index in [2.05, 4.69) is 36.5 Å². The summed E-state index contributed by atoms with van der Waals surface area (Å²) in [4.78, 5) is 7.99. The summed E-state index contributed by atoms with van der Waals surface area (Å²) in [5.74, 6) is 1.29. The maximum absolute atomic E-state index is 10.9. The van der Waals surface area contributed by atoms with Crippen LogP contribution in [-0.2, 0) is 9.84 Å². The van der Waals surface area contributed by atoms with Gasteiger partial charge in [0.2, 0.25) is 0 Å². The van der Waals surface area contributed by atoms with E-state index in [0.29, 0.717) is 22.7 Å². The first-order valence-corrected chi connectivity index (χ1v) is 7.39. The van der Waals surface area contributed by atoms with Crippen molar-refractivity contribution in [1.29, 1.82) is 0 Å². The van der Waals surface area contributed by atoms with Crippen molar-refractivity contribution in [1.82, 2.24) is 9.97 Å². The van der Waals surface area contributed by atoms with Crippen LogP contribution in [0.5, 0.6) is 0 Å². The monoisotopic (exact) mass is 308 g/mol. The quantitative estimate of drug-likeness (QED) is 0.834. The fourth-order valence-corrected chi connectivity index (χ4v) is 2.04. The third-order valence-corrected chi connectivity index (χ3v) is 3.49. The fraction of sp³-hybridized carbons (Fsp3) is 0.500. The number of nitrogens with one attached hydrogen (secondary N) is 2. The minimum absolute atomic E-state index is 0.0678. The van der Waals surface area contributed by atoms with Crippen molar-refractivity contribution in [3.05, 3.63) is 10.8 Å². The lowest BCUT2D eigenvalue weighted by Crippen LogP contribution is -2.15. The molecule has 0 saturated carbocycles. The Morgan fingerprint density at radius 3 is 2.56 bits per heavy atom. The van der Waals surface area contributed by atoms with E-state index in [1.54, 1.807) is 7.05 Å². The van der Waals surface area contributed by atoms with Gasteiger partial charge in [0.25, 0.3) is 0 Å². The van der Waals surface area contributed by atoms with Crippen molar-refractivity contribution in [2.24, 2.45) is 0 Å². The molecule has 1 heterocycles. The van der Waals surface area contributed by atoms with E-state index in [1.807, 2.05) is 0 Å². The lowest BCUT2D eigenvalue weighted by molar-refractivity contribution is 0.602. The first kappa shape index (κ1) is 13.2. The number of anilines is 2. The van der Waals surface area contributed by atoms with Gasteiger partial charge in [0.1, 0.15) is 32.3 Å². The highest BCUT2D eigenvalue weighted by Crippen LogP contribution is 2.25. The third-order valence-electron chi connectivity index (χ3n) is 1.79. The Morgan fingerprint density at radius 1 is 1.38 bits per heavy atom. The lowest BCUT2D eigenvalue weighted by atomic mass is 10.5. The Hall–Kier alpha value is -0.890. The number of hydrogen-bond acceptors (Lipinski definition) is 6. The summed E-state index contributed by atoms with van der Waals surface area (Å²) < 4.78 is 22.6. The average Bonchev–Trinajstić information content (AvgIpc) is 2.19. The van der Waals surface area contributed by atoms with Crippen LogP contribution < -0.4 is 10.6 Å². The topological polar surface area (TPSA) is 84.0 Å². The van der Waals surface area contributed by atoms with E-state index >= 15 is 0 Å². The van der Waals surface area contributed by atoms with E-state index < -0.39 is 9.84 Å². The molecule has 0 aliphatic heterocycles. The molecule has 0 amide bonds. The standard InChI is InChI=1S/C8H13BrN4O2S/c1-10-7-6(9)8(13-5-12-7)11-3-4-16(2,14)15/h5H,3-4H2,1-2H3,(H2,10,11,12,13). The highest BCUT2D eigenvalue weighted by atomic mass is 79.9. The lowest BCUT2D eigenvalue weighted by Gasteiger charge is -2.09. The maximum atomic E-state index is 10.9. The summed E-state index contributed by atoms with van der Waals surface area (Å²) in [6.45, 7) is 0.317. The number of nitrogens with zero attached hydrogens (tertiary/aromatic N) is 2. The molecule has 8 heteroatoms. The minimum Gasteiger partial charge on any atom is -0.372 e. The van der Waals surface area contributed by atoms with Gasteiger partial charge in [-0.1, -0.05) is 0 Å². The molecule has 0 aromatic carbocycles. The summed E-state index contributed by atoms with van der Waals surface area (Å²) in [6.07, 6.45) is 2.60. The molecule has 16 heavy (non-hydrogen) atoms. The van der Waals surface area contributed by atoms with Gasteiger partial charge in [0, 0.05) is 19.8 Å². The predicted octanol–water partition coefficient (Wildman–Crippen LogP) is 0.737. The summed E-state index contributed by atoms with van der Waals surface area (Å²) in [7, 11) is -1.22. The van der Waals surface area contributed by atoms with Crippen molar-refractivity contribution < 1.29 is 8.42 Å². The third kappa shape index (κ3) is 3.93. The zero-order valence-electron chi connectivity index (χ0n) is 8.99. The molecule has 90 valence electrons. The molecule has 1 rings (SSSR count). The summed E-state index contributed by atoms with van der Waals surface area (Å²) in [5, 5.41) is 5.81.